The number of benzene rings is 3. The molecule has 1 amide bonds. The van der Waals surface area contributed by atoms with E-state index in [-0.39, 0.29) is 26.7 Å². The normalized spacial score (nSPS) is 11.0. The largest absolute Gasteiger partial charge is 0.465 e. The number of ether oxygens (including phenoxy) is 1. The molecule has 0 fully saturated rings. The van der Waals surface area contributed by atoms with Crippen LogP contribution in [0.15, 0.2) is 65.6 Å². The van der Waals surface area contributed by atoms with E-state index in [1.807, 2.05) is 13.0 Å². The lowest BCUT2D eigenvalue weighted by Gasteiger charge is -2.14. The first-order valence-electron chi connectivity index (χ1n) is 9.51. The lowest BCUT2D eigenvalue weighted by molar-refractivity contribution is 0.0602. The van der Waals surface area contributed by atoms with E-state index in [2.05, 4.69) is 10.0 Å². The third kappa shape index (κ3) is 4.92. The molecule has 2 N–H and O–H groups in total. The van der Waals surface area contributed by atoms with Crippen molar-refractivity contribution in [3.8, 4) is 0 Å². The van der Waals surface area contributed by atoms with E-state index in [1.165, 1.54) is 31.4 Å². The van der Waals surface area contributed by atoms with Crippen LogP contribution in [0, 0.1) is 13.8 Å². The first kappa shape index (κ1) is 23.3. The number of para-hydroxylation sites is 1. The Hall–Kier alpha value is -3.36. The predicted octanol–water partition coefficient (Wildman–Crippen LogP) is 4.80. The van der Waals surface area contributed by atoms with Crippen LogP contribution in [-0.2, 0) is 14.8 Å². The van der Waals surface area contributed by atoms with E-state index in [1.54, 1.807) is 37.3 Å². The molecule has 0 radical (unpaired) electrons. The number of aryl methyl sites for hydroxylation is 1. The van der Waals surface area contributed by atoms with Crippen molar-refractivity contribution >= 4 is 44.9 Å². The van der Waals surface area contributed by atoms with Gasteiger partial charge in [0.1, 0.15) is 4.90 Å². The van der Waals surface area contributed by atoms with E-state index in [9.17, 15) is 18.0 Å². The lowest BCUT2D eigenvalue weighted by atomic mass is 10.1. The minimum atomic E-state index is -4.07. The van der Waals surface area contributed by atoms with E-state index in [0.717, 1.165) is 11.1 Å². The van der Waals surface area contributed by atoms with E-state index >= 15 is 0 Å². The van der Waals surface area contributed by atoms with Gasteiger partial charge < -0.3 is 10.1 Å². The van der Waals surface area contributed by atoms with Gasteiger partial charge in [0.2, 0.25) is 0 Å². The van der Waals surface area contributed by atoms with Gasteiger partial charge in [-0.3, -0.25) is 9.52 Å². The second-order valence-corrected chi connectivity index (χ2v) is 9.05. The van der Waals surface area contributed by atoms with Gasteiger partial charge in [0.15, 0.2) is 0 Å². The van der Waals surface area contributed by atoms with Crippen LogP contribution in [0.25, 0.3) is 0 Å². The molecule has 0 aliphatic rings. The molecule has 9 heteroatoms. The number of anilines is 2. The van der Waals surface area contributed by atoms with Crippen molar-refractivity contribution in [1.82, 2.24) is 0 Å². The van der Waals surface area contributed by atoms with Crippen LogP contribution in [0.1, 0.15) is 31.8 Å². The van der Waals surface area contributed by atoms with E-state index in [4.69, 9.17) is 16.3 Å². The van der Waals surface area contributed by atoms with Gasteiger partial charge in [-0.1, -0.05) is 35.9 Å². The maximum atomic E-state index is 13.0. The Balaban J connectivity index is 1.93. The van der Waals surface area contributed by atoms with E-state index in [0.29, 0.717) is 5.69 Å². The fourth-order valence-corrected chi connectivity index (χ4v) is 4.64. The molecule has 0 aliphatic carbocycles. The molecule has 3 aromatic rings. The number of amides is 1. The zero-order chi connectivity index (χ0) is 23.5. The van der Waals surface area contributed by atoms with Crippen molar-refractivity contribution in [2.75, 3.05) is 17.1 Å². The minimum absolute atomic E-state index is 0.0330. The summed E-state index contributed by atoms with van der Waals surface area (Å²) in [5.41, 5.74) is 2.58. The summed E-state index contributed by atoms with van der Waals surface area (Å²) in [5, 5.41) is 2.58. The van der Waals surface area contributed by atoms with Crippen LogP contribution in [0.2, 0.25) is 5.02 Å². The van der Waals surface area contributed by atoms with Crippen molar-refractivity contribution in [1.29, 1.82) is 0 Å². The average molecular weight is 473 g/mol. The number of esters is 1. The molecule has 7 nitrogen and oxygen atoms in total. The van der Waals surface area contributed by atoms with Crippen LogP contribution in [0.3, 0.4) is 0 Å². The minimum Gasteiger partial charge on any atom is -0.465 e. The van der Waals surface area contributed by atoms with Crippen LogP contribution in [0.5, 0.6) is 0 Å². The monoisotopic (exact) mass is 472 g/mol. The number of methoxy groups -OCH3 is 1. The Kier molecular flexibility index (Phi) is 6.86. The molecule has 3 rings (SSSR count). The number of halogens is 1. The second-order valence-electron chi connectivity index (χ2n) is 6.99. The fourth-order valence-electron chi connectivity index (χ4n) is 2.99. The number of carbonyl (C=O) groups is 2. The van der Waals surface area contributed by atoms with Gasteiger partial charge in [-0.2, -0.15) is 0 Å². The highest BCUT2D eigenvalue weighted by Gasteiger charge is 2.22. The number of hydrogen-bond donors (Lipinski definition) is 2. The predicted molar refractivity (Wildman–Crippen MR) is 124 cm³/mol. The van der Waals surface area contributed by atoms with Gasteiger partial charge in [0.25, 0.3) is 15.9 Å². The molecule has 166 valence electrons. The molecule has 0 atom stereocenters. The number of nitrogens with one attached hydrogen (secondary N) is 2. The van der Waals surface area contributed by atoms with E-state index < -0.39 is 21.9 Å². The topological polar surface area (TPSA) is 102 Å². The second kappa shape index (κ2) is 9.42. The van der Waals surface area contributed by atoms with Crippen LogP contribution < -0.4 is 10.0 Å². The van der Waals surface area contributed by atoms with Crippen LogP contribution in [-0.4, -0.2) is 27.4 Å². The number of rotatable bonds is 6. The van der Waals surface area contributed by atoms with Crippen molar-refractivity contribution < 1.29 is 22.7 Å². The van der Waals surface area contributed by atoms with Gasteiger partial charge in [-0.05, 0) is 61.4 Å². The summed E-state index contributed by atoms with van der Waals surface area (Å²) >= 11 is 6.16. The fraction of sp³-hybridized carbons (Fsp3) is 0.130. The highest BCUT2D eigenvalue weighted by atomic mass is 35.5. The van der Waals surface area contributed by atoms with Crippen molar-refractivity contribution in [3.05, 3.63) is 87.9 Å². The molecule has 0 unspecified atom stereocenters. The van der Waals surface area contributed by atoms with Gasteiger partial charge in [-0.15, -0.1) is 0 Å². The molecule has 0 aliphatic heterocycles. The smallest absolute Gasteiger partial charge is 0.339 e. The Morgan fingerprint density at radius 3 is 2.34 bits per heavy atom. The summed E-state index contributed by atoms with van der Waals surface area (Å²) in [6.45, 7) is 3.68. The maximum Gasteiger partial charge on any atom is 0.339 e. The number of carbonyl (C=O) groups excluding carboxylic acids is 2. The Morgan fingerprint density at radius 1 is 0.938 bits per heavy atom. The van der Waals surface area contributed by atoms with Crippen molar-refractivity contribution in [2.24, 2.45) is 0 Å². The summed E-state index contributed by atoms with van der Waals surface area (Å²) in [6.07, 6.45) is 0. The van der Waals surface area contributed by atoms with Crippen molar-refractivity contribution in [2.45, 2.75) is 18.7 Å². The summed E-state index contributed by atoms with van der Waals surface area (Å²) in [5.74, 6) is -1.22. The molecule has 0 saturated carbocycles. The molecule has 0 heterocycles. The van der Waals surface area contributed by atoms with Gasteiger partial charge in [-0.25, -0.2) is 13.2 Å². The Bertz CT molecular complexity index is 1310. The maximum absolute atomic E-state index is 13.0. The zero-order valence-corrected chi connectivity index (χ0v) is 19.2. The SMILES string of the molecule is COC(=O)c1ccccc1NC(=O)c1ccc(Cl)c(S(=O)(=O)Nc2cccc(C)c2C)c1. The van der Waals surface area contributed by atoms with Crippen LogP contribution >= 0.6 is 11.6 Å². The van der Waals surface area contributed by atoms with Gasteiger partial charge in [0, 0.05) is 5.56 Å². The molecule has 0 aromatic heterocycles. The summed E-state index contributed by atoms with van der Waals surface area (Å²) in [6, 6.07) is 15.5. The molecule has 0 saturated heterocycles. The Morgan fingerprint density at radius 2 is 1.62 bits per heavy atom. The molecule has 32 heavy (non-hydrogen) atoms. The molecule has 0 spiro atoms. The molecule has 3 aromatic carbocycles. The van der Waals surface area contributed by atoms with Crippen LogP contribution in [0.4, 0.5) is 11.4 Å². The summed E-state index contributed by atoms with van der Waals surface area (Å²) in [4.78, 5) is 24.5. The molecular weight excluding hydrogens is 452 g/mol. The lowest BCUT2D eigenvalue weighted by Crippen LogP contribution is -2.18. The first-order valence-corrected chi connectivity index (χ1v) is 11.4. The zero-order valence-electron chi connectivity index (χ0n) is 17.6. The summed E-state index contributed by atoms with van der Waals surface area (Å²) in [7, 11) is -2.84. The molecular formula is C23H21ClN2O5S. The number of sulfonamides is 1. The van der Waals surface area contributed by atoms with Gasteiger partial charge >= 0.3 is 5.97 Å². The standard InChI is InChI=1S/C23H21ClN2O5S/c1-14-7-6-10-19(15(14)2)26-32(29,30)21-13-16(11-12-18(21)24)22(27)25-20-9-5-4-8-17(20)23(28)31-3/h4-13,26H,1-3H3,(H,25,27). The van der Waals surface area contributed by atoms with Gasteiger partial charge in [0.05, 0.1) is 29.1 Å². The highest BCUT2D eigenvalue weighted by Crippen LogP contribution is 2.28. The molecule has 0 bridgehead atoms. The average Bonchev–Trinajstić information content (AvgIpc) is 2.76. The Labute approximate surface area is 191 Å². The number of hydrogen-bond acceptors (Lipinski definition) is 5. The third-order valence-electron chi connectivity index (χ3n) is 4.91. The van der Waals surface area contributed by atoms with Crippen molar-refractivity contribution in [3.63, 3.8) is 0 Å². The summed E-state index contributed by atoms with van der Waals surface area (Å²) < 4.78 is 33.3. The first-order chi connectivity index (χ1) is 15.1. The highest BCUT2D eigenvalue weighted by molar-refractivity contribution is 7.92. The quantitative estimate of drug-likeness (QED) is 0.502. The third-order valence-corrected chi connectivity index (χ3v) is 6.76.